The third-order valence-electron chi connectivity index (χ3n) is 3.44. The molecule has 2 aromatic rings. The molecule has 0 fully saturated rings. The standard InChI is InChI=1S/C16H13Cl2N3O5/c1-8-3-4-10(5-12(8)21(24)25)16(23)26-7-13(22)20-15-14(18)9(2)11(17)6-19-15/h3-6H,7H2,1-2H3,(H,19,20,22). The molecule has 1 aromatic heterocycles. The highest BCUT2D eigenvalue weighted by atomic mass is 35.5. The van der Waals surface area contributed by atoms with Crippen molar-refractivity contribution in [3.63, 3.8) is 0 Å². The van der Waals surface area contributed by atoms with Gasteiger partial charge in [-0.2, -0.15) is 0 Å². The summed E-state index contributed by atoms with van der Waals surface area (Å²) in [4.78, 5) is 38.1. The molecule has 0 saturated heterocycles. The highest BCUT2D eigenvalue weighted by molar-refractivity contribution is 6.37. The van der Waals surface area contributed by atoms with Crippen molar-refractivity contribution in [3.05, 3.63) is 61.2 Å². The molecule has 1 amide bonds. The molecule has 10 heteroatoms. The summed E-state index contributed by atoms with van der Waals surface area (Å²) in [6.07, 6.45) is 1.33. The van der Waals surface area contributed by atoms with Crippen LogP contribution in [0.25, 0.3) is 0 Å². The highest BCUT2D eigenvalue weighted by Gasteiger charge is 2.17. The topological polar surface area (TPSA) is 111 Å². The van der Waals surface area contributed by atoms with Gasteiger partial charge in [0.05, 0.1) is 20.5 Å². The average molecular weight is 398 g/mol. The number of anilines is 1. The lowest BCUT2D eigenvalue weighted by Gasteiger charge is -2.09. The van der Waals surface area contributed by atoms with Crippen molar-refractivity contribution in [2.45, 2.75) is 13.8 Å². The number of nitrogens with zero attached hydrogens (tertiary/aromatic N) is 2. The van der Waals surface area contributed by atoms with E-state index < -0.39 is 23.4 Å². The molecule has 8 nitrogen and oxygen atoms in total. The van der Waals surface area contributed by atoms with E-state index in [1.54, 1.807) is 13.8 Å². The van der Waals surface area contributed by atoms with E-state index in [0.717, 1.165) is 6.07 Å². The maximum Gasteiger partial charge on any atom is 0.338 e. The largest absolute Gasteiger partial charge is 0.452 e. The number of hydrogen-bond acceptors (Lipinski definition) is 6. The molecule has 0 aliphatic rings. The van der Waals surface area contributed by atoms with E-state index in [9.17, 15) is 19.7 Å². The second kappa shape index (κ2) is 8.11. The fraction of sp³-hybridized carbons (Fsp3) is 0.188. The molecule has 0 radical (unpaired) electrons. The zero-order chi connectivity index (χ0) is 19.4. The molecule has 0 atom stereocenters. The number of halogens is 2. The van der Waals surface area contributed by atoms with Crippen LogP contribution in [0.5, 0.6) is 0 Å². The lowest BCUT2D eigenvalue weighted by Crippen LogP contribution is -2.21. The van der Waals surface area contributed by atoms with Gasteiger partial charge in [0.15, 0.2) is 12.4 Å². The van der Waals surface area contributed by atoms with Crippen LogP contribution in [-0.4, -0.2) is 28.4 Å². The molecule has 1 heterocycles. The van der Waals surface area contributed by atoms with Gasteiger partial charge in [-0.25, -0.2) is 9.78 Å². The highest BCUT2D eigenvalue weighted by Crippen LogP contribution is 2.28. The second-order valence-electron chi connectivity index (χ2n) is 5.28. The molecule has 2 rings (SSSR count). The Labute approximate surface area is 158 Å². The van der Waals surface area contributed by atoms with Crippen molar-refractivity contribution in [1.29, 1.82) is 0 Å². The Balaban J connectivity index is 2.01. The van der Waals surface area contributed by atoms with E-state index in [4.69, 9.17) is 27.9 Å². The zero-order valence-electron chi connectivity index (χ0n) is 13.7. The van der Waals surface area contributed by atoms with Crippen LogP contribution >= 0.6 is 23.2 Å². The van der Waals surface area contributed by atoms with Crippen molar-refractivity contribution >= 4 is 46.6 Å². The lowest BCUT2D eigenvalue weighted by molar-refractivity contribution is -0.385. The molecule has 1 aromatic carbocycles. The SMILES string of the molecule is Cc1ccc(C(=O)OCC(=O)Nc2ncc(Cl)c(C)c2Cl)cc1[N+](=O)[O-]. The summed E-state index contributed by atoms with van der Waals surface area (Å²) < 4.78 is 4.86. The first-order valence-corrected chi connectivity index (χ1v) is 7.99. The predicted molar refractivity (Wildman–Crippen MR) is 95.7 cm³/mol. The van der Waals surface area contributed by atoms with Crippen LogP contribution in [0.15, 0.2) is 24.4 Å². The van der Waals surface area contributed by atoms with Gasteiger partial charge >= 0.3 is 5.97 Å². The first kappa shape index (κ1) is 19.6. The van der Waals surface area contributed by atoms with E-state index in [-0.39, 0.29) is 22.1 Å². The normalized spacial score (nSPS) is 10.3. The number of carbonyl (C=O) groups excluding carboxylic acids is 2. The Morgan fingerprint density at radius 1 is 1.31 bits per heavy atom. The van der Waals surface area contributed by atoms with Crippen LogP contribution in [0.3, 0.4) is 0 Å². The number of benzene rings is 1. The smallest absolute Gasteiger partial charge is 0.338 e. The van der Waals surface area contributed by atoms with Gasteiger partial charge in [-0.15, -0.1) is 0 Å². The minimum Gasteiger partial charge on any atom is -0.452 e. The molecule has 0 bridgehead atoms. The number of carbonyl (C=O) groups is 2. The second-order valence-corrected chi connectivity index (χ2v) is 6.06. The summed E-state index contributed by atoms with van der Waals surface area (Å²) in [6, 6.07) is 3.90. The quantitative estimate of drug-likeness (QED) is 0.467. The van der Waals surface area contributed by atoms with Gasteiger partial charge in [-0.05, 0) is 25.5 Å². The Kier molecular flexibility index (Phi) is 6.12. The van der Waals surface area contributed by atoms with Crippen molar-refractivity contribution in [3.8, 4) is 0 Å². The Morgan fingerprint density at radius 3 is 2.65 bits per heavy atom. The number of amides is 1. The summed E-state index contributed by atoms with van der Waals surface area (Å²) in [5.41, 5.74) is 0.704. The number of ether oxygens (including phenoxy) is 1. The average Bonchev–Trinajstić information content (AvgIpc) is 2.60. The van der Waals surface area contributed by atoms with Crippen LogP contribution in [0.1, 0.15) is 21.5 Å². The fourth-order valence-corrected chi connectivity index (χ4v) is 2.35. The van der Waals surface area contributed by atoms with Crippen molar-refractivity contribution in [2.75, 3.05) is 11.9 Å². The number of nitro groups is 1. The van der Waals surface area contributed by atoms with Gasteiger partial charge in [0.2, 0.25) is 0 Å². The monoisotopic (exact) mass is 397 g/mol. The molecule has 0 aliphatic heterocycles. The van der Waals surface area contributed by atoms with Gasteiger partial charge in [-0.1, -0.05) is 29.3 Å². The summed E-state index contributed by atoms with van der Waals surface area (Å²) in [7, 11) is 0. The number of aryl methyl sites for hydroxylation is 1. The molecule has 0 aliphatic carbocycles. The molecule has 0 saturated carbocycles. The molecule has 0 unspecified atom stereocenters. The first-order chi connectivity index (χ1) is 12.2. The van der Waals surface area contributed by atoms with Crippen molar-refractivity contribution in [2.24, 2.45) is 0 Å². The van der Waals surface area contributed by atoms with E-state index in [1.165, 1.54) is 18.3 Å². The number of nitro benzene ring substituents is 1. The number of aromatic nitrogens is 1. The molecule has 1 N–H and O–H groups in total. The van der Waals surface area contributed by atoms with E-state index >= 15 is 0 Å². The van der Waals surface area contributed by atoms with E-state index in [0.29, 0.717) is 16.1 Å². The number of rotatable bonds is 5. The van der Waals surface area contributed by atoms with Gasteiger partial charge < -0.3 is 10.1 Å². The predicted octanol–water partition coefficient (Wildman–Crippen LogP) is 3.71. The van der Waals surface area contributed by atoms with Gasteiger partial charge in [0.1, 0.15) is 0 Å². The maximum atomic E-state index is 12.0. The lowest BCUT2D eigenvalue weighted by atomic mass is 10.1. The molecule has 136 valence electrons. The van der Waals surface area contributed by atoms with Crippen LogP contribution < -0.4 is 5.32 Å². The molecular formula is C16H13Cl2N3O5. The number of hydrogen-bond donors (Lipinski definition) is 1. The molecular weight excluding hydrogens is 385 g/mol. The first-order valence-electron chi connectivity index (χ1n) is 7.23. The summed E-state index contributed by atoms with van der Waals surface area (Å²) >= 11 is 11.9. The molecule has 0 spiro atoms. The number of pyridine rings is 1. The van der Waals surface area contributed by atoms with Gasteiger partial charge in [0.25, 0.3) is 11.6 Å². The van der Waals surface area contributed by atoms with Crippen LogP contribution in [0.4, 0.5) is 11.5 Å². The maximum absolute atomic E-state index is 12.0. The number of nitrogens with one attached hydrogen (secondary N) is 1. The summed E-state index contributed by atoms with van der Waals surface area (Å²) in [6.45, 7) is 2.60. The number of esters is 1. The third kappa shape index (κ3) is 4.47. The summed E-state index contributed by atoms with van der Waals surface area (Å²) in [5.74, 6) is -1.45. The fourth-order valence-electron chi connectivity index (χ4n) is 1.96. The Hall–Kier alpha value is -2.71. The minimum atomic E-state index is -0.866. The van der Waals surface area contributed by atoms with Gasteiger partial charge in [-0.3, -0.25) is 14.9 Å². The molecule has 26 heavy (non-hydrogen) atoms. The minimum absolute atomic E-state index is 0.0337. The van der Waals surface area contributed by atoms with Crippen LogP contribution in [0, 0.1) is 24.0 Å². The zero-order valence-corrected chi connectivity index (χ0v) is 15.2. The van der Waals surface area contributed by atoms with Gasteiger partial charge in [0, 0.05) is 17.8 Å². The van der Waals surface area contributed by atoms with E-state index in [2.05, 4.69) is 10.3 Å². The Morgan fingerprint density at radius 2 is 2.00 bits per heavy atom. The van der Waals surface area contributed by atoms with Crippen molar-refractivity contribution in [1.82, 2.24) is 4.98 Å². The van der Waals surface area contributed by atoms with Crippen LogP contribution in [0.2, 0.25) is 10.0 Å². The van der Waals surface area contributed by atoms with Crippen LogP contribution in [-0.2, 0) is 9.53 Å². The Bertz CT molecular complexity index is 902. The summed E-state index contributed by atoms with van der Waals surface area (Å²) in [5, 5.41) is 13.8. The van der Waals surface area contributed by atoms with E-state index in [1.807, 2.05) is 0 Å². The third-order valence-corrected chi connectivity index (χ3v) is 4.28. The van der Waals surface area contributed by atoms with Crippen molar-refractivity contribution < 1.29 is 19.2 Å².